The zero-order valence-corrected chi connectivity index (χ0v) is 16.0. The van der Waals surface area contributed by atoms with Crippen LogP contribution in [-0.2, 0) is 4.79 Å². The first-order valence-corrected chi connectivity index (χ1v) is 10.1. The van der Waals surface area contributed by atoms with Gasteiger partial charge in [0.25, 0.3) is 0 Å². The van der Waals surface area contributed by atoms with Gasteiger partial charge in [-0.3, -0.25) is 9.78 Å². The molecule has 2 saturated carbocycles. The van der Waals surface area contributed by atoms with Crippen LogP contribution in [0.4, 0.5) is 14.5 Å². The van der Waals surface area contributed by atoms with Crippen LogP contribution in [0.25, 0.3) is 10.9 Å². The summed E-state index contributed by atoms with van der Waals surface area (Å²) in [6, 6.07) is 12.7. The first-order valence-electron chi connectivity index (χ1n) is 10.1. The SMILES string of the molecule is O=C(Nc1ccc(F)cc1)C1CC12CCC(c1ccnc3ccc(F)cc13)CC2. The lowest BCUT2D eigenvalue weighted by atomic mass is 9.75. The van der Waals surface area contributed by atoms with Gasteiger partial charge in [0.05, 0.1) is 5.52 Å². The lowest BCUT2D eigenvalue weighted by molar-refractivity contribution is -0.118. The maximum Gasteiger partial charge on any atom is 0.228 e. The molecule has 0 bridgehead atoms. The molecule has 3 aromatic rings. The normalized spacial score (nSPS) is 25.9. The van der Waals surface area contributed by atoms with E-state index in [1.807, 2.05) is 6.07 Å². The Balaban J connectivity index is 1.26. The van der Waals surface area contributed by atoms with Gasteiger partial charge < -0.3 is 5.32 Å². The maximum atomic E-state index is 13.8. The molecule has 5 heteroatoms. The molecular weight excluding hydrogens is 370 g/mol. The van der Waals surface area contributed by atoms with Crippen molar-refractivity contribution in [3.8, 4) is 0 Å². The fraction of sp³-hybridized carbons (Fsp3) is 0.333. The molecule has 1 heterocycles. The monoisotopic (exact) mass is 392 g/mol. The third kappa shape index (κ3) is 3.39. The minimum Gasteiger partial charge on any atom is -0.326 e. The van der Waals surface area contributed by atoms with Gasteiger partial charge >= 0.3 is 0 Å². The smallest absolute Gasteiger partial charge is 0.228 e. The molecule has 0 radical (unpaired) electrons. The van der Waals surface area contributed by atoms with Crippen molar-refractivity contribution in [2.24, 2.45) is 11.3 Å². The van der Waals surface area contributed by atoms with Crippen LogP contribution in [-0.4, -0.2) is 10.9 Å². The lowest BCUT2D eigenvalue weighted by Gasteiger charge is -2.30. The van der Waals surface area contributed by atoms with Crippen LogP contribution < -0.4 is 5.32 Å². The van der Waals surface area contributed by atoms with E-state index in [0.29, 0.717) is 11.6 Å². The fourth-order valence-electron chi connectivity index (χ4n) is 5.03. The largest absolute Gasteiger partial charge is 0.326 e. The Morgan fingerprint density at radius 2 is 1.72 bits per heavy atom. The summed E-state index contributed by atoms with van der Waals surface area (Å²) >= 11 is 0. The molecule has 5 rings (SSSR count). The number of amides is 1. The molecule has 0 aliphatic heterocycles. The summed E-state index contributed by atoms with van der Waals surface area (Å²) in [7, 11) is 0. The van der Waals surface area contributed by atoms with Crippen LogP contribution in [0.2, 0.25) is 0 Å². The molecule has 2 fully saturated rings. The van der Waals surface area contributed by atoms with E-state index in [4.69, 9.17) is 0 Å². The number of benzene rings is 2. The van der Waals surface area contributed by atoms with E-state index in [-0.39, 0.29) is 28.9 Å². The molecule has 1 atom stereocenters. The van der Waals surface area contributed by atoms with Gasteiger partial charge in [0.2, 0.25) is 5.91 Å². The van der Waals surface area contributed by atoms with Crippen LogP contribution in [0.5, 0.6) is 0 Å². The highest BCUT2D eigenvalue weighted by atomic mass is 19.1. The van der Waals surface area contributed by atoms with Gasteiger partial charge in [-0.1, -0.05) is 0 Å². The lowest BCUT2D eigenvalue weighted by Crippen LogP contribution is -2.22. The molecule has 1 amide bonds. The molecule has 1 spiro atoms. The molecule has 2 aliphatic carbocycles. The van der Waals surface area contributed by atoms with Crippen molar-refractivity contribution < 1.29 is 13.6 Å². The van der Waals surface area contributed by atoms with Gasteiger partial charge in [-0.25, -0.2) is 8.78 Å². The standard InChI is InChI=1S/C24H22F2N2O/c25-16-1-4-18(5-2-16)28-23(29)21-14-24(21)10-7-15(8-11-24)19-9-12-27-22-6-3-17(26)13-20(19)22/h1-6,9,12-13,15,21H,7-8,10-11,14H2,(H,28,29). The Morgan fingerprint density at radius 3 is 2.48 bits per heavy atom. The van der Waals surface area contributed by atoms with Crippen LogP contribution in [0.15, 0.2) is 54.7 Å². The van der Waals surface area contributed by atoms with Crippen LogP contribution in [0.3, 0.4) is 0 Å². The minimum absolute atomic E-state index is 0.0279. The molecule has 148 valence electrons. The number of hydrogen-bond acceptors (Lipinski definition) is 2. The summed E-state index contributed by atoms with van der Waals surface area (Å²) in [6.07, 6.45) is 6.71. The molecule has 0 saturated heterocycles. The quantitative estimate of drug-likeness (QED) is 0.611. The second-order valence-electron chi connectivity index (χ2n) is 8.45. The number of rotatable bonds is 3. The summed E-state index contributed by atoms with van der Waals surface area (Å²) in [4.78, 5) is 17.0. The van der Waals surface area contributed by atoms with Gasteiger partial charge in [0.15, 0.2) is 0 Å². The highest BCUT2D eigenvalue weighted by molar-refractivity contribution is 5.95. The van der Waals surface area contributed by atoms with E-state index in [1.54, 1.807) is 30.5 Å². The first kappa shape index (κ1) is 18.2. The average molecular weight is 392 g/mol. The highest BCUT2D eigenvalue weighted by Crippen LogP contribution is 2.63. The van der Waals surface area contributed by atoms with E-state index >= 15 is 0 Å². The predicted molar refractivity (Wildman–Crippen MR) is 108 cm³/mol. The molecule has 3 nitrogen and oxygen atoms in total. The second-order valence-corrected chi connectivity index (χ2v) is 8.45. The number of nitrogens with one attached hydrogen (secondary N) is 1. The highest BCUT2D eigenvalue weighted by Gasteiger charge is 2.58. The van der Waals surface area contributed by atoms with Crippen LogP contribution >= 0.6 is 0 Å². The second kappa shape index (κ2) is 6.90. The molecule has 1 unspecified atom stereocenters. The van der Waals surface area contributed by atoms with Crippen LogP contribution in [0, 0.1) is 23.0 Å². The number of halogens is 2. The molecule has 1 N–H and O–H groups in total. The van der Waals surface area contributed by atoms with Crippen molar-refractivity contribution in [2.75, 3.05) is 5.32 Å². The Hall–Kier alpha value is -2.82. The summed E-state index contributed by atoms with van der Waals surface area (Å²) in [5.74, 6) is -0.118. The molecule has 1 aromatic heterocycles. The maximum absolute atomic E-state index is 13.8. The third-order valence-corrected chi connectivity index (χ3v) is 6.78. The number of nitrogens with zero attached hydrogens (tertiary/aromatic N) is 1. The number of hydrogen-bond donors (Lipinski definition) is 1. The summed E-state index contributed by atoms with van der Waals surface area (Å²) < 4.78 is 26.8. The van der Waals surface area contributed by atoms with Gasteiger partial charge in [0, 0.05) is 23.2 Å². The van der Waals surface area contributed by atoms with Gasteiger partial charge in [-0.2, -0.15) is 0 Å². The Labute approximate surface area is 168 Å². The number of aromatic nitrogens is 1. The third-order valence-electron chi connectivity index (χ3n) is 6.78. The van der Waals surface area contributed by atoms with E-state index < -0.39 is 0 Å². The van der Waals surface area contributed by atoms with E-state index in [2.05, 4.69) is 10.3 Å². The number of fused-ring (bicyclic) bond motifs is 1. The number of carbonyl (C=O) groups is 1. The van der Waals surface area contributed by atoms with E-state index in [0.717, 1.165) is 48.6 Å². The summed E-state index contributed by atoms with van der Waals surface area (Å²) in [5, 5.41) is 3.82. The topological polar surface area (TPSA) is 42.0 Å². The van der Waals surface area contributed by atoms with Crippen molar-refractivity contribution in [3.05, 3.63) is 71.9 Å². The first-order chi connectivity index (χ1) is 14.0. The Kier molecular flexibility index (Phi) is 4.34. The minimum atomic E-state index is -0.312. The zero-order chi connectivity index (χ0) is 20.0. The molecule has 2 aromatic carbocycles. The summed E-state index contributed by atoms with van der Waals surface area (Å²) in [6.45, 7) is 0. The Morgan fingerprint density at radius 1 is 1.00 bits per heavy atom. The molecular formula is C24H22F2N2O. The van der Waals surface area contributed by atoms with Crippen molar-refractivity contribution in [2.45, 2.75) is 38.0 Å². The van der Waals surface area contributed by atoms with E-state index in [9.17, 15) is 13.6 Å². The molecule has 29 heavy (non-hydrogen) atoms. The number of carbonyl (C=O) groups excluding carboxylic acids is 1. The van der Waals surface area contributed by atoms with Gasteiger partial charge in [-0.15, -0.1) is 0 Å². The summed E-state index contributed by atoms with van der Waals surface area (Å²) in [5.41, 5.74) is 2.72. The van der Waals surface area contributed by atoms with Crippen molar-refractivity contribution in [1.82, 2.24) is 4.98 Å². The van der Waals surface area contributed by atoms with Gasteiger partial charge in [0.1, 0.15) is 11.6 Å². The number of pyridine rings is 1. The zero-order valence-electron chi connectivity index (χ0n) is 16.0. The molecule has 2 aliphatic rings. The Bertz CT molecular complexity index is 1070. The van der Waals surface area contributed by atoms with Crippen LogP contribution in [0.1, 0.15) is 43.6 Å². The van der Waals surface area contributed by atoms with Crippen molar-refractivity contribution >= 4 is 22.5 Å². The fourth-order valence-corrected chi connectivity index (χ4v) is 5.03. The van der Waals surface area contributed by atoms with Crippen molar-refractivity contribution in [1.29, 1.82) is 0 Å². The average Bonchev–Trinajstić information content (AvgIpc) is 3.43. The van der Waals surface area contributed by atoms with Crippen molar-refractivity contribution in [3.63, 3.8) is 0 Å². The van der Waals surface area contributed by atoms with E-state index in [1.165, 1.54) is 18.2 Å². The predicted octanol–water partition coefficient (Wildman–Crippen LogP) is 5.82. The number of anilines is 1. The van der Waals surface area contributed by atoms with Gasteiger partial charge in [-0.05, 0) is 97.5 Å².